The Morgan fingerprint density at radius 2 is 2.11 bits per heavy atom. The fourth-order valence-electron chi connectivity index (χ4n) is 2.61. The number of benzene rings is 1. The molecule has 0 saturated heterocycles. The summed E-state index contributed by atoms with van der Waals surface area (Å²) in [6, 6.07) is 4.30. The summed E-state index contributed by atoms with van der Waals surface area (Å²) < 4.78 is 38.0. The zero-order chi connectivity index (χ0) is 13.3. The first-order valence-corrected chi connectivity index (χ1v) is 6.08. The minimum Gasteiger partial charge on any atom is -0.367 e. The van der Waals surface area contributed by atoms with Gasteiger partial charge in [-0.25, -0.2) is 0 Å². The van der Waals surface area contributed by atoms with Crippen molar-refractivity contribution in [1.29, 1.82) is 0 Å². The van der Waals surface area contributed by atoms with E-state index in [9.17, 15) is 13.2 Å². The SMILES string of the molecule is CCN1c2ccc(C(F)(F)F)cc2CC1CNC. The highest BCUT2D eigenvalue weighted by molar-refractivity contribution is 5.60. The third-order valence-electron chi connectivity index (χ3n) is 3.39. The minimum atomic E-state index is -4.26. The Bertz CT molecular complexity index is 429. The molecule has 1 aromatic carbocycles. The van der Waals surface area contributed by atoms with Crippen LogP contribution >= 0.6 is 0 Å². The van der Waals surface area contributed by atoms with Gasteiger partial charge in [0.15, 0.2) is 0 Å². The quantitative estimate of drug-likeness (QED) is 0.896. The highest BCUT2D eigenvalue weighted by atomic mass is 19.4. The van der Waals surface area contributed by atoms with Crippen molar-refractivity contribution in [3.8, 4) is 0 Å². The maximum atomic E-state index is 12.7. The standard InChI is InChI=1S/C13H17F3N2/c1-3-18-11(8-17-2)7-9-6-10(13(14,15)16)4-5-12(9)18/h4-6,11,17H,3,7-8H2,1-2H3. The zero-order valence-electron chi connectivity index (χ0n) is 10.5. The van der Waals surface area contributed by atoms with Gasteiger partial charge in [-0.05, 0) is 44.2 Å². The van der Waals surface area contributed by atoms with Crippen molar-refractivity contribution in [2.45, 2.75) is 25.6 Å². The first-order chi connectivity index (χ1) is 8.47. The summed E-state index contributed by atoms with van der Waals surface area (Å²) in [4.78, 5) is 2.16. The van der Waals surface area contributed by atoms with Crippen molar-refractivity contribution in [3.63, 3.8) is 0 Å². The number of nitrogens with zero attached hydrogens (tertiary/aromatic N) is 1. The first kappa shape index (κ1) is 13.2. The summed E-state index contributed by atoms with van der Waals surface area (Å²) in [5.74, 6) is 0. The largest absolute Gasteiger partial charge is 0.416 e. The van der Waals surface area contributed by atoms with E-state index in [2.05, 4.69) is 10.2 Å². The van der Waals surface area contributed by atoms with Crippen LogP contribution in [0.4, 0.5) is 18.9 Å². The van der Waals surface area contributed by atoms with Gasteiger partial charge in [0.2, 0.25) is 0 Å². The molecule has 100 valence electrons. The van der Waals surface area contributed by atoms with Crippen molar-refractivity contribution < 1.29 is 13.2 Å². The second-order valence-electron chi connectivity index (χ2n) is 4.54. The summed E-state index contributed by atoms with van der Waals surface area (Å²) in [6.07, 6.45) is -3.58. The van der Waals surface area contributed by atoms with E-state index in [1.165, 1.54) is 12.1 Å². The van der Waals surface area contributed by atoms with Crippen molar-refractivity contribution in [2.75, 3.05) is 25.0 Å². The van der Waals surface area contributed by atoms with Gasteiger partial charge in [0.05, 0.1) is 5.56 Å². The maximum absolute atomic E-state index is 12.7. The molecule has 1 N–H and O–H groups in total. The maximum Gasteiger partial charge on any atom is 0.416 e. The van der Waals surface area contributed by atoms with Crippen LogP contribution in [0.25, 0.3) is 0 Å². The highest BCUT2D eigenvalue weighted by Gasteiger charge is 2.34. The van der Waals surface area contributed by atoms with Crippen LogP contribution in [0.5, 0.6) is 0 Å². The summed E-state index contributed by atoms with van der Waals surface area (Å²) in [6.45, 7) is 3.62. The molecular weight excluding hydrogens is 241 g/mol. The Morgan fingerprint density at radius 3 is 2.67 bits per heavy atom. The summed E-state index contributed by atoms with van der Waals surface area (Å²) in [7, 11) is 1.86. The highest BCUT2D eigenvalue weighted by Crippen LogP contribution is 2.37. The molecule has 0 saturated carbocycles. The number of halogens is 3. The molecule has 1 heterocycles. The molecule has 0 bridgehead atoms. The molecule has 5 heteroatoms. The Labute approximate surface area is 105 Å². The number of hydrogen-bond acceptors (Lipinski definition) is 2. The van der Waals surface area contributed by atoms with Crippen molar-refractivity contribution in [1.82, 2.24) is 5.32 Å². The van der Waals surface area contributed by atoms with Crippen LogP contribution in [0, 0.1) is 0 Å². The third kappa shape index (κ3) is 2.32. The molecule has 1 atom stereocenters. The van der Waals surface area contributed by atoms with Crippen LogP contribution in [0.3, 0.4) is 0 Å². The van der Waals surface area contributed by atoms with Gasteiger partial charge in [0.25, 0.3) is 0 Å². The monoisotopic (exact) mass is 258 g/mol. The van der Waals surface area contributed by atoms with Crippen LogP contribution in [-0.2, 0) is 12.6 Å². The van der Waals surface area contributed by atoms with Crippen molar-refractivity contribution in [3.05, 3.63) is 29.3 Å². The number of likely N-dealkylation sites (N-methyl/N-ethyl adjacent to an activating group) is 2. The van der Waals surface area contributed by atoms with Crippen LogP contribution in [0.15, 0.2) is 18.2 Å². The summed E-state index contributed by atoms with van der Waals surface area (Å²) >= 11 is 0. The molecule has 1 aromatic rings. The normalized spacial score (nSPS) is 19.2. The van der Waals surface area contributed by atoms with Crippen molar-refractivity contribution >= 4 is 5.69 Å². The van der Waals surface area contributed by atoms with E-state index in [1.807, 2.05) is 14.0 Å². The average molecular weight is 258 g/mol. The number of nitrogens with one attached hydrogen (secondary N) is 1. The molecule has 1 aliphatic heterocycles. The van der Waals surface area contributed by atoms with Gasteiger partial charge < -0.3 is 10.2 Å². The Morgan fingerprint density at radius 1 is 1.39 bits per heavy atom. The molecule has 2 nitrogen and oxygen atoms in total. The van der Waals surface area contributed by atoms with Crippen LogP contribution in [0.1, 0.15) is 18.1 Å². The van der Waals surface area contributed by atoms with E-state index in [0.29, 0.717) is 6.42 Å². The second-order valence-corrected chi connectivity index (χ2v) is 4.54. The van der Waals surface area contributed by atoms with Gasteiger partial charge in [0.1, 0.15) is 0 Å². The van der Waals surface area contributed by atoms with E-state index in [0.717, 1.165) is 24.3 Å². The van der Waals surface area contributed by atoms with Crippen LogP contribution in [0.2, 0.25) is 0 Å². The lowest BCUT2D eigenvalue weighted by Gasteiger charge is -2.25. The van der Waals surface area contributed by atoms with E-state index >= 15 is 0 Å². The Kier molecular flexibility index (Phi) is 3.52. The number of alkyl halides is 3. The summed E-state index contributed by atoms with van der Waals surface area (Å²) in [5, 5.41) is 3.09. The molecule has 2 rings (SSSR count). The van der Waals surface area contributed by atoms with Gasteiger partial charge >= 0.3 is 6.18 Å². The molecule has 18 heavy (non-hydrogen) atoms. The topological polar surface area (TPSA) is 15.3 Å². The van der Waals surface area contributed by atoms with Crippen LogP contribution in [-0.4, -0.2) is 26.2 Å². The van der Waals surface area contributed by atoms with Gasteiger partial charge in [-0.2, -0.15) is 13.2 Å². The van der Waals surface area contributed by atoms with Gasteiger partial charge in [-0.15, -0.1) is 0 Å². The number of anilines is 1. The molecule has 1 unspecified atom stereocenters. The fourth-order valence-corrected chi connectivity index (χ4v) is 2.61. The third-order valence-corrected chi connectivity index (χ3v) is 3.39. The number of hydrogen-bond donors (Lipinski definition) is 1. The average Bonchev–Trinajstić information content (AvgIpc) is 2.64. The van der Waals surface area contributed by atoms with Gasteiger partial charge in [-0.1, -0.05) is 0 Å². The molecule has 0 radical (unpaired) electrons. The number of fused-ring (bicyclic) bond motifs is 1. The second kappa shape index (κ2) is 4.80. The smallest absolute Gasteiger partial charge is 0.367 e. The lowest BCUT2D eigenvalue weighted by molar-refractivity contribution is -0.137. The molecule has 0 fully saturated rings. The van der Waals surface area contributed by atoms with E-state index in [-0.39, 0.29) is 6.04 Å². The molecule has 0 spiro atoms. The summed E-state index contributed by atoms with van der Waals surface area (Å²) in [5.41, 5.74) is 1.18. The van der Waals surface area contributed by atoms with Crippen LogP contribution < -0.4 is 10.2 Å². The fraction of sp³-hybridized carbons (Fsp3) is 0.538. The Hall–Kier alpha value is -1.23. The molecule has 1 aliphatic rings. The lowest BCUT2D eigenvalue weighted by atomic mass is 10.1. The molecule has 0 amide bonds. The molecule has 0 aromatic heterocycles. The number of rotatable bonds is 3. The van der Waals surface area contributed by atoms with Gasteiger partial charge in [-0.3, -0.25) is 0 Å². The van der Waals surface area contributed by atoms with E-state index in [4.69, 9.17) is 0 Å². The van der Waals surface area contributed by atoms with Gasteiger partial charge in [0, 0.05) is 24.8 Å². The first-order valence-electron chi connectivity index (χ1n) is 6.08. The minimum absolute atomic E-state index is 0.249. The predicted molar refractivity (Wildman–Crippen MR) is 65.9 cm³/mol. The van der Waals surface area contributed by atoms with Crippen molar-refractivity contribution in [2.24, 2.45) is 0 Å². The molecule has 0 aliphatic carbocycles. The van der Waals surface area contributed by atoms with E-state index in [1.54, 1.807) is 6.07 Å². The predicted octanol–water partition coefficient (Wildman–Crippen LogP) is 2.68. The molecular formula is C13H17F3N2. The lowest BCUT2D eigenvalue weighted by Crippen LogP contribution is -2.38. The van der Waals surface area contributed by atoms with E-state index < -0.39 is 11.7 Å². The Balaban J connectivity index is 2.32. The zero-order valence-corrected chi connectivity index (χ0v) is 10.5.